The Morgan fingerprint density at radius 1 is 1.10 bits per heavy atom. The third-order valence-corrected chi connectivity index (χ3v) is 3.86. The number of hydrogen-bond acceptors (Lipinski definition) is 2. The minimum absolute atomic E-state index is 0.164. The highest BCUT2D eigenvalue weighted by Gasteiger charge is 2.14. The van der Waals surface area contributed by atoms with Gasteiger partial charge in [-0.1, -0.05) is 46.4 Å². The Bertz CT molecular complexity index is 688. The van der Waals surface area contributed by atoms with Crippen LogP contribution in [0.4, 0.5) is 0 Å². The average molecular weight is 351 g/mol. The summed E-state index contributed by atoms with van der Waals surface area (Å²) in [5.41, 5.74) is 1.50. The topological polar surface area (TPSA) is 50.2 Å². The zero-order chi connectivity index (χ0) is 14.9. The third-order valence-electron chi connectivity index (χ3n) is 2.53. The van der Waals surface area contributed by atoms with Crippen LogP contribution in [-0.4, -0.2) is 16.1 Å². The van der Waals surface area contributed by atoms with Crippen LogP contribution in [0.3, 0.4) is 0 Å². The van der Waals surface area contributed by atoms with E-state index >= 15 is 0 Å². The summed E-state index contributed by atoms with van der Waals surface area (Å²) in [5, 5.41) is 9.97. The second-order valence-corrected chi connectivity index (χ2v) is 5.58. The maximum atomic E-state index is 10.7. The Balaban J connectivity index is 2.60. The molecule has 1 aromatic carbocycles. The molecule has 3 nitrogen and oxygen atoms in total. The largest absolute Gasteiger partial charge is 0.481 e. The quantitative estimate of drug-likeness (QED) is 0.626. The van der Waals surface area contributed by atoms with Crippen molar-refractivity contribution in [2.75, 3.05) is 0 Å². The van der Waals surface area contributed by atoms with Crippen LogP contribution < -0.4 is 0 Å². The van der Waals surface area contributed by atoms with Gasteiger partial charge in [0, 0.05) is 22.3 Å². The van der Waals surface area contributed by atoms with Crippen LogP contribution in [0, 0.1) is 0 Å². The van der Waals surface area contributed by atoms with Crippen molar-refractivity contribution < 1.29 is 9.90 Å². The van der Waals surface area contributed by atoms with Crippen molar-refractivity contribution in [3.8, 4) is 11.1 Å². The zero-order valence-corrected chi connectivity index (χ0v) is 12.9. The molecule has 2 aromatic rings. The van der Waals surface area contributed by atoms with Crippen molar-refractivity contribution in [1.82, 2.24) is 4.98 Å². The molecular weight excluding hydrogens is 344 g/mol. The van der Waals surface area contributed by atoms with Crippen molar-refractivity contribution in [3.63, 3.8) is 0 Å². The molecule has 0 bridgehead atoms. The summed E-state index contributed by atoms with van der Waals surface area (Å²) in [6.45, 7) is 0. The van der Waals surface area contributed by atoms with E-state index in [2.05, 4.69) is 4.98 Å². The molecule has 0 unspecified atom stereocenters. The lowest BCUT2D eigenvalue weighted by Crippen LogP contribution is -2.01. The van der Waals surface area contributed by atoms with E-state index < -0.39 is 5.97 Å². The van der Waals surface area contributed by atoms with Crippen molar-refractivity contribution in [1.29, 1.82) is 0 Å². The Hall–Kier alpha value is -1.000. The van der Waals surface area contributed by atoms with Gasteiger partial charge in [-0.05, 0) is 23.8 Å². The SMILES string of the molecule is O=C(O)Cc1cnc(Cl)c(-c2cc(Cl)cc(Cl)c2Cl)c1. The molecule has 0 saturated heterocycles. The van der Waals surface area contributed by atoms with Crippen LogP contribution in [0.15, 0.2) is 24.4 Å². The molecule has 0 amide bonds. The highest BCUT2D eigenvalue weighted by atomic mass is 35.5. The van der Waals surface area contributed by atoms with Gasteiger partial charge >= 0.3 is 5.97 Å². The minimum Gasteiger partial charge on any atom is -0.481 e. The van der Waals surface area contributed by atoms with Crippen LogP contribution in [0.5, 0.6) is 0 Å². The molecule has 7 heteroatoms. The van der Waals surface area contributed by atoms with Crippen LogP contribution >= 0.6 is 46.4 Å². The van der Waals surface area contributed by atoms with Crippen molar-refractivity contribution in [3.05, 3.63) is 50.2 Å². The Morgan fingerprint density at radius 3 is 2.45 bits per heavy atom. The lowest BCUT2D eigenvalue weighted by Gasteiger charge is -2.10. The average Bonchev–Trinajstić information content (AvgIpc) is 2.35. The fourth-order valence-corrected chi connectivity index (χ4v) is 2.61. The summed E-state index contributed by atoms with van der Waals surface area (Å²) in [6.07, 6.45) is 1.24. The van der Waals surface area contributed by atoms with E-state index in [0.29, 0.717) is 21.7 Å². The van der Waals surface area contributed by atoms with Gasteiger partial charge in [-0.3, -0.25) is 4.79 Å². The molecular formula is C13H7Cl4NO2. The molecule has 104 valence electrons. The molecule has 0 aliphatic rings. The minimum atomic E-state index is -0.963. The van der Waals surface area contributed by atoms with E-state index in [1.54, 1.807) is 12.1 Å². The number of carboxylic acids is 1. The summed E-state index contributed by atoms with van der Waals surface area (Å²) in [5.74, 6) is -0.963. The van der Waals surface area contributed by atoms with Crippen LogP contribution in [-0.2, 0) is 11.2 Å². The van der Waals surface area contributed by atoms with E-state index in [1.165, 1.54) is 12.3 Å². The van der Waals surface area contributed by atoms with Crippen LogP contribution in [0.2, 0.25) is 20.2 Å². The van der Waals surface area contributed by atoms with E-state index in [0.717, 1.165) is 0 Å². The van der Waals surface area contributed by atoms with Crippen molar-refractivity contribution in [2.24, 2.45) is 0 Å². The maximum Gasteiger partial charge on any atom is 0.307 e. The Kier molecular flexibility index (Phi) is 4.76. The number of nitrogens with zero attached hydrogens (tertiary/aromatic N) is 1. The summed E-state index contributed by atoms with van der Waals surface area (Å²) >= 11 is 24.1. The summed E-state index contributed by atoms with van der Waals surface area (Å²) in [4.78, 5) is 14.7. The highest BCUT2D eigenvalue weighted by molar-refractivity contribution is 6.45. The van der Waals surface area contributed by atoms with Crippen LogP contribution in [0.1, 0.15) is 5.56 Å². The monoisotopic (exact) mass is 349 g/mol. The summed E-state index contributed by atoms with van der Waals surface area (Å²) in [6, 6.07) is 4.72. The lowest BCUT2D eigenvalue weighted by molar-refractivity contribution is -0.136. The standard InChI is InChI=1S/C13H7Cl4NO2/c14-7-3-8(12(16)10(15)4-7)9-1-6(2-11(19)20)5-18-13(9)17/h1,3-5H,2H2,(H,19,20). The second kappa shape index (κ2) is 6.19. The van der Waals surface area contributed by atoms with Gasteiger partial charge in [0.05, 0.1) is 16.5 Å². The first-order chi connectivity index (χ1) is 9.38. The van der Waals surface area contributed by atoms with Gasteiger partial charge in [-0.25, -0.2) is 4.98 Å². The lowest BCUT2D eigenvalue weighted by atomic mass is 10.0. The molecule has 0 spiro atoms. The van der Waals surface area contributed by atoms with E-state index in [1.807, 2.05) is 0 Å². The first-order valence-corrected chi connectivity index (χ1v) is 6.91. The molecule has 0 fully saturated rings. The number of carbonyl (C=O) groups is 1. The number of hydrogen-bond donors (Lipinski definition) is 1. The summed E-state index contributed by atoms with van der Waals surface area (Å²) < 4.78 is 0. The highest BCUT2D eigenvalue weighted by Crippen LogP contribution is 2.39. The Morgan fingerprint density at radius 2 is 1.80 bits per heavy atom. The van der Waals surface area contributed by atoms with Gasteiger partial charge in [0.1, 0.15) is 5.15 Å². The number of aliphatic carboxylic acids is 1. The number of pyridine rings is 1. The number of aromatic nitrogens is 1. The van der Waals surface area contributed by atoms with Crippen LogP contribution in [0.25, 0.3) is 11.1 Å². The number of benzene rings is 1. The number of carboxylic acid groups (broad SMARTS) is 1. The third kappa shape index (κ3) is 3.36. The van der Waals surface area contributed by atoms with Gasteiger partial charge in [-0.15, -0.1) is 0 Å². The maximum absolute atomic E-state index is 10.7. The smallest absolute Gasteiger partial charge is 0.307 e. The zero-order valence-electron chi connectivity index (χ0n) is 9.83. The predicted octanol–water partition coefficient (Wildman–Crippen LogP) is 4.99. The van der Waals surface area contributed by atoms with E-state index in [9.17, 15) is 4.79 Å². The molecule has 0 atom stereocenters. The fourth-order valence-electron chi connectivity index (χ4n) is 1.70. The van der Waals surface area contributed by atoms with Crippen molar-refractivity contribution in [2.45, 2.75) is 6.42 Å². The molecule has 1 aromatic heterocycles. The molecule has 0 radical (unpaired) electrons. The molecule has 2 rings (SSSR count). The molecule has 20 heavy (non-hydrogen) atoms. The predicted molar refractivity (Wildman–Crippen MR) is 81.1 cm³/mol. The fraction of sp³-hybridized carbons (Fsp3) is 0.0769. The van der Waals surface area contributed by atoms with Gasteiger partial charge in [0.25, 0.3) is 0 Å². The van der Waals surface area contributed by atoms with E-state index in [-0.39, 0.29) is 21.6 Å². The van der Waals surface area contributed by atoms with Gasteiger partial charge < -0.3 is 5.11 Å². The second-order valence-electron chi connectivity index (χ2n) is 4.00. The molecule has 0 saturated carbocycles. The number of rotatable bonds is 3. The van der Waals surface area contributed by atoms with Gasteiger partial charge in [-0.2, -0.15) is 0 Å². The molecule has 1 N–H and O–H groups in total. The van der Waals surface area contributed by atoms with E-state index in [4.69, 9.17) is 51.5 Å². The van der Waals surface area contributed by atoms with Gasteiger partial charge in [0.2, 0.25) is 0 Å². The van der Waals surface area contributed by atoms with Gasteiger partial charge in [0.15, 0.2) is 0 Å². The molecule has 0 aliphatic heterocycles. The number of halogens is 4. The molecule has 1 heterocycles. The normalized spacial score (nSPS) is 10.6. The Labute approximate surface area is 135 Å². The first kappa shape index (κ1) is 15.4. The first-order valence-electron chi connectivity index (χ1n) is 5.39. The summed E-state index contributed by atoms with van der Waals surface area (Å²) in [7, 11) is 0. The molecule has 0 aliphatic carbocycles. The van der Waals surface area contributed by atoms with Crippen molar-refractivity contribution >= 4 is 52.4 Å².